The molecule has 0 aromatic carbocycles. The Morgan fingerprint density at radius 1 is 0.966 bits per heavy atom. The smallest absolute Gasteiger partial charge is 0.335 e. The lowest BCUT2D eigenvalue weighted by molar-refractivity contribution is -0.0756. The van der Waals surface area contributed by atoms with Crippen molar-refractivity contribution in [2.75, 3.05) is 13.2 Å². The van der Waals surface area contributed by atoms with Crippen LogP contribution in [0.2, 0.25) is 22.2 Å². The molecule has 2 radical (unpaired) electrons. The summed E-state index contributed by atoms with van der Waals surface area (Å²) in [7, 11) is 0.754. The highest BCUT2D eigenvalue weighted by Crippen LogP contribution is 2.49. The maximum atomic E-state index is 11.5. The second-order valence-electron chi connectivity index (χ2n) is 9.93. The summed E-state index contributed by atoms with van der Waals surface area (Å²) >= 11 is 0. The van der Waals surface area contributed by atoms with Crippen molar-refractivity contribution in [1.29, 1.82) is 0 Å². The Hall–Kier alpha value is 0.259. The van der Waals surface area contributed by atoms with Gasteiger partial charge in [-0.25, -0.2) is 0 Å². The van der Waals surface area contributed by atoms with E-state index in [2.05, 4.69) is 55.4 Å². The van der Waals surface area contributed by atoms with Gasteiger partial charge in [-0.15, -0.1) is 0 Å². The van der Waals surface area contributed by atoms with E-state index in [0.717, 1.165) is 0 Å². The van der Waals surface area contributed by atoms with E-state index >= 15 is 0 Å². The molecule has 2 saturated heterocycles. The zero-order chi connectivity index (χ0) is 22.2. The first-order valence-corrected chi connectivity index (χ1v) is 15.1. The third-order valence-corrected chi connectivity index (χ3v) is 16.9. The molecule has 2 N–H and O–H groups in total. The van der Waals surface area contributed by atoms with Crippen LogP contribution in [0.25, 0.3) is 0 Å². The lowest BCUT2D eigenvalue weighted by atomic mass is 9.77. The summed E-state index contributed by atoms with van der Waals surface area (Å²) in [5, 5.41) is 20.8. The van der Waals surface area contributed by atoms with E-state index in [9.17, 15) is 10.2 Å². The Bertz CT molecular complexity index is 531. The Balaban J connectivity index is 2.57. The van der Waals surface area contributed by atoms with Crippen LogP contribution in [0.1, 0.15) is 68.2 Å². The zero-order valence-electron chi connectivity index (χ0n) is 19.5. The highest BCUT2D eigenvalue weighted by atomic mass is 28.5. The van der Waals surface area contributed by atoms with Crippen LogP contribution in [-0.4, -0.2) is 72.2 Å². The number of fused-ring (bicyclic) bond motifs is 1. The molecule has 168 valence electrons. The molecule has 0 aliphatic carbocycles. The fourth-order valence-corrected chi connectivity index (χ4v) is 16.2. The largest absolute Gasteiger partial charge is 0.414 e. The van der Waals surface area contributed by atoms with Gasteiger partial charge in [0.1, 0.15) is 25.7 Å². The number of aliphatic hydroxyl groups excluding tert-OH is 1. The van der Waals surface area contributed by atoms with E-state index < -0.39 is 40.9 Å². The van der Waals surface area contributed by atoms with E-state index in [1.54, 1.807) is 0 Å². The first-order valence-electron chi connectivity index (χ1n) is 11.1. The Labute approximate surface area is 180 Å². The van der Waals surface area contributed by atoms with Gasteiger partial charge in [-0.3, -0.25) is 0 Å². The van der Waals surface area contributed by atoms with Crippen LogP contribution in [0.15, 0.2) is 0 Å². The second kappa shape index (κ2) is 9.40. The Morgan fingerprint density at radius 2 is 1.48 bits per heavy atom. The summed E-state index contributed by atoms with van der Waals surface area (Å²) < 4.78 is 26.7. The number of rotatable bonds is 7. The number of hydrogen-bond donors (Lipinski definition) is 2. The van der Waals surface area contributed by atoms with Gasteiger partial charge in [0.05, 0.1) is 6.61 Å². The van der Waals surface area contributed by atoms with Gasteiger partial charge in [0.25, 0.3) is 0 Å². The molecule has 2 aliphatic heterocycles. The Morgan fingerprint density at radius 3 is 1.93 bits per heavy atom. The van der Waals surface area contributed by atoms with Gasteiger partial charge in [0.2, 0.25) is 0 Å². The summed E-state index contributed by atoms with van der Waals surface area (Å²) in [5.41, 5.74) is -0.564. The highest BCUT2D eigenvalue weighted by molar-refractivity contribution is 6.84. The summed E-state index contributed by atoms with van der Waals surface area (Å²) in [6.07, 6.45) is -0.349. The van der Waals surface area contributed by atoms with Crippen molar-refractivity contribution in [3.63, 3.8) is 0 Å². The quantitative estimate of drug-likeness (QED) is 0.587. The minimum atomic E-state index is -2.85. The van der Waals surface area contributed by atoms with Gasteiger partial charge in [-0.2, -0.15) is 0 Å². The average Bonchev–Trinajstić information content (AvgIpc) is 2.83. The SMILES string of the molecule is [B]C1OC2CO[Si](C(C)C)(C(C)C)O[Si](C(C)C)(C(C)C)O[C@H]2[C@]1(O)CCCO. The van der Waals surface area contributed by atoms with Gasteiger partial charge in [0, 0.05) is 12.6 Å². The zero-order valence-corrected chi connectivity index (χ0v) is 21.5. The van der Waals surface area contributed by atoms with Crippen molar-refractivity contribution in [2.24, 2.45) is 0 Å². The minimum Gasteiger partial charge on any atom is -0.414 e. The van der Waals surface area contributed by atoms with Crippen LogP contribution in [-0.2, 0) is 17.7 Å². The third kappa shape index (κ3) is 4.44. The van der Waals surface area contributed by atoms with Gasteiger partial charge in [-0.05, 0) is 35.0 Å². The van der Waals surface area contributed by atoms with Crippen LogP contribution in [0.5, 0.6) is 0 Å². The van der Waals surface area contributed by atoms with Crippen molar-refractivity contribution in [2.45, 2.75) is 114 Å². The first kappa shape index (κ1) is 25.5. The van der Waals surface area contributed by atoms with E-state index in [1.165, 1.54) is 0 Å². The van der Waals surface area contributed by atoms with Crippen molar-refractivity contribution < 1.29 is 27.9 Å². The lowest BCUT2D eigenvalue weighted by Gasteiger charge is -2.52. The molecule has 0 aromatic rings. The predicted molar refractivity (Wildman–Crippen MR) is 119 cm³/mol. The van der Waals surface area contributed by atoms with E-state index in [-0.39, 0.29) is 28.8 Å². The number of hydrogen-bond acceptors (Lipinski definition) is 6. The molecular formula is C20H41BO6Si2. The maximum Gasteiger partial charge on any atom is 0.335 e. The number of ether oxygens (including phenoxy) is 1. The normalized spacial score (nSPS) is 34.6. The molecular weight excluding hydrogens is 403 g/mol. The van der Waals surface area contributed by atoms with Gasteiger partial charge >= 0.3 is 17.1 Å². The molecule has 2 unspecified atom stereocenters. The summed E-state index contributed by atoms with van der Waals surface area (Å²) in [4.78, 5) is 0. The molecule has 9 heteroatoms. The average molecular weight is 445 g/mol. The van der Waals surface area contributed by atoms with Crippen molar-refractivity contribution in [1.82, 2.24) is 0 Å². The summed E-state index contributed by atoms with van der Waals surface area (Å²) in [6.45, 7) is 17.5. The second-order valence-corrected chi connectivity index (χ2v) is 18.8. The molecule has 0 bridgehead atoms. The van der Waals surface area contributed by atoms with E-state index in [0.29, 0.717) is 19.4 Å². The fraction of sp³-hybridized carbons (Fsp3) is 1.00. The first-order chi connectivity index (χ1) is 13.4. The Kier molecular flexibility index (Phi) is 8.27. The predicted octanol–water partition coefficient (Wildman–Crippen LogP) is 3.34. The van der Waals surface area contributed by atoms with E-state index in [1.807, 2.05) is 0 Å². The maximum absolute atomic E-state index is 11.5. The molecule has 2 rings (SSSR count). The van der Waals surface area contributed by atoms with Crippen molar-refractivity contribution in [3.05, 3.63) is 0 Å². The lowest BCUT2D eigenvalue weighted by Crippen LogP contribution is -2.67. The molecule has 2 aliphatic rings. The highest BCUT2D eigenvalue weighted by Gasteiger charge is 2.64. The van der Waals surface area contributed by atoms with Crippen LogP contribution in [0.3, 0.4) is 0 Å². The topological polar surface area (TPSA) is 77.4 Å². The van der Waals surface area contributed by atoms with Crippen molar-refractivity contribution >= 4 is 25.0 Å². The summed E-state index contributed by atoms with van der Waals surface area (Å²) in [5.74, 6) is 0. The van der Waals surface area contributed by atoms with E-state index in [4.69, 9.17) is 25.6 Å². The summed E-state index contributed by atoms with van der Waals surface area (Å²) in [6, 6.07) is -0.883. The fourth-order valence-electron chi connectivity index (χ4n) is 4.94. The minimum absolute atomic E-state index is 0.0208. The van der Waals surface area contributed by atoms with Gasteiger partial charge in [0.15, 0.2) is 0 Å². The molecule has 2 fully saturated rings. The van der Waals surface area contributed by atoms with Crippen LogP contribution < -0.4 is 0 Å². The van der Waals surface area contributed by atoms with Crippen molar-refractivity contribution in [3.8, 4) is 0 Å². The molecule has 0 amide bonds. The van der Waals surface area contributed by atoms with Gasteiger partial charge < -0.3 is 27.9 Å². The molecule has 0 saturated carbocycles. The molecule has 2 heterocycles. The molecule has 29 heavy (non-hydrogen) atoms. The molecule has 0 aromatic heterocycles. The molecule has 4 atom stereocenters. The molecule has 0 spiro atoms. The van der Waals surface area contributed by atoms with Crippen LogP contribution in [0.4, 0.5) is 0 Å². The van der Waals surface area contributed by atoms with Crippen LogP contribution in [0, 0.1) is 0 Å². The monoisotopic (exact) mass is 444 g/mol. The standard InChI is InChI=1S/C20H41BO6Si2/c1-13(2)28(14(3)4)24-12-17-18(20(23,10-9-11-22)19(21)25-17)26-29(27-28,15(5)6)16(7)8/h13-19,22-23H,9-12H2,1-8H3/t17?,18-,19?,20-/m1/s1. The van der Waals surface area contributed by atoms with Crippen LogP contribution >= 0.6 is 0 Å². The molecule has 6 nitrogen and oxygen atoms in total. The third-order valence-electron chi connectivity index (χ3n) is 6.70. The number of aliphatic hydroxyl groups is 2. The van der Waals surface area contributed by atoms with Gasteiger partial charge in [-0.1, -0.05) is 55.4 Å².